The first-order valence-electron chi connectivity index (χ1n) is 3.16. The Hall–Kier alpha value is -0.190. The molecule has 0 aromatic heterocycles. The van der Waals surface area contributed by atoms with Crippen LogP contribution in [0.2, 0.25) is 0 Å². The van der Waals surface area contributed by atoms with Crippen LogP contribution in [0.1, 0.15) is 6.92 Å². The third-order valence-electron chi connectivity index (χ3n) is 1.83. The molecule has 1 aliphatic heterocycles. The van der Waals surface area contributed by atoms with E-state index < -0.39 is 18.0 Å². The summed E-state index contributed by atoms with van der Waals surface area (Å²) in [5, 5.41) is -0.324. The number of hydrogen-bond acceptors (Lipinski definition) is 2. The Kier molecular flexibility index (Phi) is 2.18. The second-order valence-electron chi connectivity index (χ2n) is 2.57. The van der Waals surface area contributed by atoms with Gasteiger partial charge in [-0.15, -0.1) is 0 Å². The molecule has 64 valence electrons. The molecule has 0 aromatic carbocycles. The molecule has 0 N–H and O–H groups in total. The lowest BCUT2D eigenvalue weighted by Gasteiger charge is -2.30. The highest BCUT2D eigenvalue weighted by molar-refractivity contribution is 8.15. The lowest BCUT2D eigenvalue weighted by atomic mass is 9.96. The SMILES string of the molecule is CC(C1CSC1=O)C(F)(F)F. The van der Waals surface area contributed by atoms with Crippen LogP contribution < -0.4 is 0 Å². The van der Waals surface area contributed by atoms with Crippen LogP contribution >= 0.6 is 11.8 Å². The Morgan fingerprint density at radius 1 is 1.64 bits per heavy atom. The molecule has 1 aliphatic rings. The summed E-state index contributed by atoms with van der Waals surface area (Å²) < 4.78 is 35.8. The average molecular weight is 184 g/mol. The maximum absolute atomic E-state index is 11.9. The van der Waals surface area contributed by atoms with E-state index in [1.165, 1.54) is 0 Å². The van der Waals surface area contributed by atoms with Crippen molar-refractivity contribution in [2.45, 2.75) is 13.1 Å². The molecule has 1 heterocycles. The molecule has 1 fully saturated rings. The van der Waals surface area contributed by atoms with E-state index in [-0.39, 0.29) is 5.12 Å². The minimum Gasteiger partial charge on any atom is -0.287 e. The Morgan fingerprint density at radius 3 is 2.27 bits per heavy atom. The van der Waals surface area contributed by atoms with Crippen molar-refractivity contribution < 1.29 is 18.0 Å². The second-order valence-corrected chi connectivity index (χ2v) is 3.59. The molecule has 2 unspecified atom stereocenters. The Balaban J connectivity index is 2.54. The van der Waals surface area contributed by atoms with Gasteiger partial charge in [-0.1, -0.05) is 18.7 Å². The van der Waals surface area contributed by atoms with E-state index in [1.807, 2.05) is 0 Å². The van der Waals surface area contributed by atoms with Crippen LogP contribution in [0.25, 0.3) is 0 Å². The summed E-state index contributed by atoms with van der Waals surface area (Å²) in [6, 6.07) is 0. The van der Waals surface area contributed by atoms with Crippen molar-refractivity contribution in [3.05, 3.63) is 0 Å². The van der Waals surface area contributed by atoms with Gasteiger partial charge in [-0.2, -0.15) is 13.2 Å². The number of carbonyl (C=O) groups excluding carboxylic acids is 1. The van der Waals surface area contributed by atoms with Crippen molar-refractivity contribution in [1.82, 2.24) is 0 Å². The van der Waals surface area contributed by atoms with Gasteiger partial charge in [0.2, 0.25) is 0 Å². The first kappa shape index (κ1) is 8.90. The highest BCUT2D eigenvalue weighted by Gasteiger charge is 2.47. The maximum Gasteiger partial charge on any atom is 0.392 e. The van der Waals surface area contributed by atoms with Gasteiger partial charge in [-0.3, -0.25) is 4.79 Å². The zero-order valence-corrected chi connectivity index (χ0v) is 6.63. The number of carbonyl (C=O) groups is 1. The topological polar surface area (TPSA) is 17.1 Å². The van der Waals surface area contributed by atoms with Gasteiger partial charge in [0.15, 0.2) is 5.12 Å². The fourth-order valence-corrected chi connectivity index (χ4v) is 1.81. The van der Waals surface area contributed by atoms with Crippen molar-refractivity contribution in [2.75, 3.05) is 5.75 Å². The van der Waals surface area contributed by atoms with E-state index in [9.17, 15) is 18.0 Å². The second kappa shape index (κ2) is 2.69. The number of halogens is 3. The van der Waals surface area contributed by atoms with Crippen LogP contribution in [0.15, 0.2) is 0 Å². The fraction of sp³-hybridized carbons (Fsp3) is 0.833. The zero-order chi connectivity index (χ0) is 8.65. The molecule has 0 spiro atoms. The predicted molar refractivity (Wildman–Crippen MR) is 36.2 cm³/mol. The summed E-state index contributed by atoms with van der Waals surface area (Å²) in [5.74, 6) is -1.95. The van der Waals surface area contributed by atoms with Crippen LogP contribution in [0.4, 0.5) is 13.2 Å². The summed E-state index contributed by atoms with van der Waals surface area (Å²) in [5.41, 5.74) is 0. The first-order chi connectivity index (χ1) is 4.93. The van der Waals surface area contributed by atoms with Gasteiger partial charge in [0.25, 0.3) is 0 Å². The smallest absolute Gasteiger partial charge is 0.287 e. The molecule has 0 bridgehead atoms. The summed E-state index contributed by atoms with van der Waals surface area (Å²) in [7, 11) is 0. The van der Waals surface area contributed by atoms with Crippen molar-refractivity contribution in [3.8, 4) is 0 Å². The predicted octanol–water partition coefficient (Wildman–Crippen LogP) is 2.07. The van der Waals surface area contributed by atoms with Crippen molar-refractivity contribution in [1.29, 1.82) is 0 Å². The molecule has 0 saturated carbocycles. The molecule has 1 rings (SSSR count). The van der Waals surface area contributed by atoms with Crippen LogP contribution in [-0.4, -0.2) is 17.0 Å². The maximum atomic E-state index is 11.9. The summed E-state index contributed by atoms with van der Waals surface area (Å²) in [6.07, 6.45) is -4.22. The normalized spacial score (nSPS) is 28.0. The Morgan fingerprint density at radius 2 is 2.18 bits per heavy atom. The Bertz CT molecular complexity index is 177. The third kappa shape index (κ3) is 1.69. The van der Waals surface area contributed by atoms with Gasteiger partial charge in [-0.25, -0.2) is 0 Å². The first-order valence-corrected chi connectivity index (χ1v) is 4.15. The number of alkyl halides is 3. The van der Waals surface area contributed by atoms with E-state index in [2.05, 4.69) is 0 Å². The van der Waals surface area contributed by atoms with E-state index in [1.54, 1.807) is 0 Å². The molecule has 11 heavy (non-hydrogen) atoms. The molecule has 0 aliphatic carbocycles. The molecular formula is C6H7F3OS. The van der Waals surface area contributed by atoms with Gasteiger partial charge < -0.3 is 0 Å². The summed E-state index contributed by atoms with van der Waals surface area (Å²) in [6.45, 7) is 1.06. The lowest BCUT2D eigenvalue weighted by molar-refractivity contribution is -0.183. The minimum atomic E-state index is -4.22. The van der Waals surface area contributed by atoms with Crippen molar-refractivity contribution in [3.63, 3.8) is 0 Å². The standard InChI is InChI=1S/C6H7F3OS/c1-3(6(7,8)9)4-2-11-5(4)10/h3-4H,2H2,1H3. The summed E-state index contributed by atoms with van der Waals surface area (Å²) >= 11 is 0.974. The van der Waals surface area contributed by atoms with Crippen LogP contribution in [0.5, 0.6) is 0 Å². The van der Waals surface area contributed by atoms with Crippen molar-refractivity contribution in [2.24, 2.45) is 11.8 Å². The fourth-order valence-electron chi connectivity index (χ4n) is 0.824. The minimum absolute atomic E-state index is 0.319. The van der Waals surface area contributed by atoms with E-state index in [0.717, 1.165) is 18.7 Å². The lowest BCUT2D eigenvalue weighted by Crippen LogP contribution is -2.38. The molecular weight excluding hydrogens is 177 g/mol. The summed E-state index contributed by atoms with van der Waals surface area (Å²) in [4.78, 5) is 10.6. The Labute approximate surface area is 66.3 Å². The van der Waals surface area contributed by atoms with E-state index in [0.29, 0.717) is 5.75 Å². The molecule has 1 saturated heterocycles. The highest BCUT2D eigenvalue weighted by Crippen LogP contribution is 2.40. The molecule has 0 amide bonds. The van der Waals surface area contributed by atoms with E-state index in [4.69, 9.17) is 0 Å². The van der Waals surface area contributed by atoms with Gasteiger partial charge in [0.1, 0.15) is 0 Å². The van der Waals surface area contributed by atoms with Crippen LogP contribution in [0.3, 0.4) is 0 Å². The molecule has 0 aromatic rings. The van der Waals surface area contributed by atoms with Crippen molar-refractivity contribution >= 4 is 16.9 Å². The van der Waals surface area contributed by atoms with E-state index >= 15 is 0 Å². The van der Waals surface area contributed by atoms with Gasteiger partial charge >= 0.3 is 6.18 Å². The molecule has 5 heteroatoms. The van der Waals surface area contributed by atoms with Gasteiger partial charge in [-0.05, 0) is 0 Å². The number of rotatable bonds is 1. The largest absolute Gasteiger partial charge is 0.392 e. The average Bonchev–Trinajstić information content (AvgIpc) is 1.83. The number of hydrogen-bond donors (Lipinski definition) is 0. The zero-order valence-electron chi connectivity index (χ0n) is 5.81. The number of thioether (sulfide) groups is 1. The molecule has 1 nitrogen and oxygen atoms in total. The van der Waals surface area contributed by atoms with Crippen LogP contribution in [0, 0.1) is 11.8 Å². The van der Waals surface area contributed by atoms with Crippen LogP contribution in [-0.2, 0) is 4.79 Å². The third-order valence-corrected chi connectivity index (χ3v) is 2.94. The molecule has 2 atom stereocenters. The monoisotopic (exact) mass is 184 g/mol. The highest BCUT2D eigenvalue weighted by atomic mass is 32.2. The van der Waals surface area contributed by atoms with Gasteiger partial charge in [0, 0.05) is 11.7 Å². The molecule has 0 radical (unpaired) electrons. The van der Waals surface area contributed by atoms with Gasteiger partial charge in [0.05, 0.1) is 5.92 Å². The quantitative estimate of drug-likeness (QED) is 0.620.